The maximum absolute atomic E-state index is 13.4. The van der Waals surface area contributed by atoms with Crippen molar-refractivity contribution in [3.8, 4) is 0 Å². The van der Waals surface area contributed by atoms with Gasteiger partial charge in [-0.15, -0.1) is 0 Å². The molecule has 1 unspecified atom stereocenters. The second-order valence-corrected chi connectivity index (χ2v) is 4.37. The van der Waals surface area contributed by atoms with E-state index in [4.69, 9.17) is 0 Å². The summed E-state index contributed by atoms with van der Waals surface area (Å²) in [6.45, 7) is -0.396. The second-order valence-electron chi connectivity index (χ2n) is 4.37. The Hall–Kier alpha value is -2.34. The van der Waals surface area contributed by atoms with Crippen LogP contribution in [0.2, 0.25) is 0 Å². The zero-order valence-corrected chi connectivity index (χ0v) is 10.8. The van der Waals surface area contributed by atoms with Crippen molar-refractivity contribution >= 4 is 5.91 Å². The number of carbonyl (C=O) groups excluding carboxylic acids is 1. The van der Waals surface area contributed by atoms with E-state index >= 15 is 0 Å². The molecule has 0 saturated carbocycles. The van der Waals surface area contributed by atoms with E-state index in [1.165, 1.54) is 24.3 Å². The van der Waals surface area contributed by atoms with Crippen LogP contribution >= 0.6 is 0 Å². The van der Waals surface area contributed by atoms with Crippen molar-refractivity contribution in [1.82, 2.24) is 5.32 Å². The molecule has 21 heavy (non-hydrogen) atoms. The first-order valence-electron chi connectivity index (χ1n) is 6.15. The lowest BCUT2D eigenvalue weighted by Gasteiger charge is -2.14. The van der Waals surface area contributed by atoms with Gasteiger partial charge in [0.05, 0.1) is 5.56 Å². The first kappa shape index (κ1) is 15.1. The van der Waals surface area contributed by atoms with Gasteiger partial charge in [-0.05, 0) is 30.3 Å². The molecule has 0 radical (unpaired) electrons. The van der Waals surface area contributed by atoms with Crippen LogP contribution in [-0.2, 0) is 0 Å². The summed E-state index contributed by atoms with van der Waals surface area (Å²) in [5, 5.41) is 12.1. The number of aliphatic hydroxyl groups is 1. The van der Waals surface area contributed by atoms with Crippen LogP contribution in [0.15, 0.2) is 42.5 Å². The molecule has 0 aliphatic carbocycles. The monoisotopic (exact) mass is 295 g/mol. The number of hydrogen-bond donors (Lipinski definition) is 2. The summed E-state index contributed by atoms with van der Waals surface area (Å²) in [4.78, 5) is 11.7. The number of amides is 1. The van der Waals surface area contributed by atoms with Gasteiger partial charge in [-0.1, -0.05) is 12.1 Å². The van der Waals surface area contributed by atoms with E-state index in [-0.39, 0.29) is 5.56 Å². The molecule has 1 atom stereocenters. The number of benzene rings is 2. The number of aliphatic hydroxyl groups excluding tert-OH is 1. The molecule has 0 bridgehead atoms. The van der Waals surface area contributed by atoms with Crippen molar-refractivity contribution in [1.29, 1.82) is 0 Å². The summed E-state index contributed by atoms with van der Waals surface area (Å²) in [5.74, 6) is -3.03. The molecular formula is C15H12F3NO2. The standard InChI is InChI=1S/C15H12F3NO2/c16-10-4-1-3-9(7-10)15(21)19-8-13(20)14-11(17)5-2-6-12(14)18/h1-7,13,20H,8H2,(H,19,21). The Labute approximate surface area is 119 Å². The van der Waals surface area contributed by atoms with Crippen LogP contribution in [0.25, 0.3) is 0 Å². The summed E-state index contributed by atoms with van der Waals surface area (Å²) >= 11 is 0. The number of halogens is 3. The minimum absolute atomic E-state index is 0.0520. The van der Waals surface area contributed by atoms with E-state index in [9.17, 15) is 23.1 Å². The SMILES string of the molecule is O=C(NCC(O)c1c(F)cccc1F)c1cccc(F)c1. The van der Waals surface area contributed by atoms with Gasteiger partial charge in [-0.3, -0.25) is 4.79 Å². The second kappa shape index (κ2) is 6.41. The van der Waals surface area contributed by atoms with Crippen LogP contribution < -0.4 is 5.32 Å². The van der Waals surface area contributed by atoms with Crippen LogP contribution in [0.5, 0.6) is 0 Å². The van der Waals surface area contributed by atoms with E-state index < -0.39 is 41.6 Å². The third kappa shape index (κ3) is 3.61. The van der Waals surface area contributed by atoms with Gasteiger partial charge in [0.1, 0.15) is 23.6 Å². The highest BCUT2D eigenvalue weighted by Crippen LogP contribution is 2.20. The average molecular weight is 295 g/mol. The van der Waals surface area contributed by atoms with Gasteiger partial charge in [0.15, 0.2) is 0 Å². The molecule has 2 aromatic rings. The van der Waals surface area contributed by atoms with E-state index in [0.717, 1.165) is 18.2 Å². The first-order valence-corrected chi connectivity index (χ1v) is 6.15. The van der Waals surface area contributed by atoms with E-state index in [0.29, 0.717) is 0 Å². The average Bonchev–Trinajstić information content (AvgIpc) is 2.44. The zero-order valence-electron chi connectivity index (χ0n) is 10.8. The summed E-state index contributed by atoms with van der Waals surface area (Å²) in [5.41, 5.74) is -0.465. The van der Waals surface area contributed by atoms with Crippen molar-refractivity contribution in [2.45, 2.75) is 6.10 Å². The quantitative estimate of drug-likeness (QED) is 0.911. The fourth-order valence-electron chi connectivity index (χ4n) is 1.85. The molecule has 0 fully saturated rings. The predicted octanol–water partition coefficient (Wildman–Crippen LogP) is 2.57. The zero-order chi connectivity index (χ0) is 15.4. The molecule has 0 aromatic heterocycles. The predicted molar refractivity (Wildman–Crippen MR) is 70.1 cm³/mol. The normalized spacial score (nSPS) is 12.0. The molecule has 1 amide bonds. The molecule has 2 rings (SSSR count). The van der Waals surface area contributed by atoms with Gasteiger partial charge >= 0.3 is 0 Å². The molecule has 0 aliphatic rings. The fourth-order valence-corrected chi connectivity index (χ4v) is 1.85. The minimum atomic E-state index is -1.54. The van der Waals surface area contributed by atoms with E-state index in [1.807, 2.05) is 0 Å². The topological polar surface area (TPSA) is 49.3 Å². The van der Waals surface area contributed by atoms with E-state index in [2.05, 4.69) is 5.32 Å². The van der Waals surface area contributed by atoms with Gasteiger partial charge in [-0.2, -0.15) is 0 Å². The number of nitrogens with one attached hydrogen (secondary N) is 1. The Bertz CT molecular complexity index is 641. The lowest BCUT2D eigenvalue weighted by atomic mass is 10.1. The number of rotatable bonds is 4. The van der Waals surface area contributed by atoms with E-state index in [1.54, 1.807) is 0 Å². The van der Waals surface area contributed by atoms with Crippen molar-refractivity contribution in [3.63, 3.8) is 0 Å². The van der Waals surface area contributed by atoms with Crippen molar-refractivity contribution in [2.24, 2.45) is 0 Å². The van der Waals surface area contributed by atoms with Gasteiger partial charge < -0.3 is 10.4 Å². The molecule has 6 heteroatoms. The Balaban J connectivity index is 2.04. The van der Waals surface area contributed by atoms with Crippen molar-refractivity contribution < 1.29 is 23.1 Å². The Morgan fingerprint density at radius 3 is 2.33 bits per heavy atom. The van der Waals surface area contributed by atoms with Gasteiger partial charge in [-0.25, -0.2) is 13.2 Å². The smallest absolute Gasteiger partial charge is 0.251 e. The van der Waals surface area contributed by atoms with Crippen LogP contribution in [0, 0.1) is 17.5 Å². The van der Waals surface area contributed by atoms with Crippen LogP contribution in [0.4, 0.5) is 13.2 Å². The fraction of sp³-hybridized carbons (Fsp3) is 0.133. The Kier molecular flexibility index (Phi) is 4.59. The molecule has 0 saturated heterocycles. The van der Waals surface area contributed by atoms with Gasteiger partial charge in [0.2, 0.25) is 0 Å². The molecule has 2 N–H and O–H groups in total. The largest absolute Gasteiger partial charge is 0.386 e. The Morgan fingerprint density at radius 2 is 1.71 bits per heavy atom. The molecule has 3 nitrogen and oxygen atoms in total. The van der Waals surface area contributed by atoms with Crippen LogP contribution in [-0.4, -0.2) is 17.6 Å². The summed E-state index contributed by atoms with van der Waals surface area (Å²) in [6.07, 6.45) is -1.54. The molecular weight excluding hydrogens is 283 g/mol. The molecule has 0 aliphatic heterocycles. The van der Waals surface area contributed by atoms with Crippen molar-refractivity contribution in [2.75, 3.05) is 6.54 Å². The lowest BCUT2D eigenvalue weighted by Crippen LogP contribution is -2.29. The highest BCUT2D eigenvalue weighted by molar-refractivity contribution is 5.94. The third-order valence-corrected chi connectivity index (χ3v) is 2.88. The van der Waals surface area contributed by atoms with Crippen LogP contribution in [0.1, 0.15) is 22.0 Å². The highest BCUT2D eigenvalue weighted by Gasteiger charge is 2.18. The minimum Gasteiger partial charge on any atom is -0.386 e. The number of carbonyl (C=O) groups is 1. The maximum atomic E-state index is 13.4. The molecule has 2 aromatic carbocycles. The number of hydrogen-bond acceptors (Lipinski definition) is 2. The van der Waals surface area contributed by atoms with Crippen molar-refractivity contribution in [3.05, 3.63) is 71.0 Å². The molecule has 0 heterocycles. The Morgan fingerprint density at radius 1 is 1.10 bits per heavy atom. The summed E-state index contributed by atoms with van der Waals surface area (Å²) < 4.78 is 39.8. The third-order valence-electron chi connectivity index (χ3n) is 2.88. The van der Waals surface area contributed by atoms with Gasteiger partial charge in [0.25, 0.3) is 5.91 Å². The van der Waals surface area contributed by atoms with Crippen LogP contribution in [0.3, 0.4) is 0 Å². The molecule has 0 spiro atoms. The van der Waals surface area contributed by atoms with Gasteiger partial charge in [0, 0.05) is 12.1 Å². The maximum Gasteiger partial charge on any atom is 0.251 e. The first-order chi connectivity index (χ1) is 9.99. The summed E-state index contributed by atoms with van der Waals surface area (Å²) in [7, 11) is 0. The highest BCUT2D eigenvalue weighted by atomic mass is 19.1. The lowest BCUT2D eigenvalue weighted by molar-refractivity contribution is 0.0911. The molecule has 110 valence electrons. The summed E-state index contributed by atoms with van der Waals surface area (Å²) in [6, 6.07) is 8.13.